The lowest BCUT2D eigenvalue weighted by Crippen LogP contribution is -1.90. The molecule has 5 heteroatoms. The van der Waals surface area contributed by atoms with Crippen LogP contribution in [0, 0.1) is 6.92 Å². The predicted octanol–water partition coefficient (Wildman–Crippen LogP) is 5.86. The Morgan fingerprint density at radius 1 is 0.722 bits per heavy atom. The van der Waals surface area contributed by atoms with E-state index in [1.54, 1.807) is 12.1 Å². The highest BCUT2D eigenvalue weighted by molar-refractivity contribution is 6.44. The van der Waals surface area contributed by atoms with Crippen molar-refractivity contribution >= 4 is 52.1 Å². The maximum Gasteiger partial charge on any atom is 0.0520 e. The highest BCUT2D eigenvalue weighted by Crippen LogP contribution is 2.43. The summed E-state index contributed by atoms with van der Waals surface area (Å²) in [5.41, 5.74) is 8.36. The van der Waals surface area contributed by atoms with Crippen LogP contribution in [-0.4, -0.2) is 0 Å². The summed E-state index contributed by atoms with van der Waals surface area (Å²) >= 11 is 24.8. The van der Waals surface area contributed by atoms with Crippen LogP contribution in [0.4, 0.5) is 5.69 Å². The van der Waals surface area contributed by atoms with Gasteiger partial charge in [-0.15, -0.1) is 0 Å². The molecule has 0 spiro atoms. The zero-order chi connectivity index (χ0) is 13.4. The molecule has 0 amide bonds. The van der Waals surface area contributed by atoms with Crippen molar-refractivity contribution in [3.63, 3.8) is 0 Å². The van der Waals surface area contributed by atoms with Crippen molar-refractivity contribution in [2.24, 2.45) is 0 Å². The minimum atomic E-state index is 0.424. The third kappa shape index (κ3) is 2.55. The SMILES string of the molecule is Cc1cc(Cl)c(-c2c(Cl)cc(N)cc2Cl)c(Cl)c1. The molecule has 0 saturated carbocycles. The molecule has 0 bridgehead atoms. The van der Waals surface area contributed by atoms with Crippen molar-refractivity contribution in [3.8, 4) is 11.1 Å². The lowest BCUT2D eigenvalue weighted by Gasteiger charge is -2.13. The first kappa shape index (κ1) is 13.8. The van der Waals surface area contributed by atoms with Gasteiger partial charge in [-0.2, -0.15) is 0 Å². The number of aryl methyl sites for hydroxylation is 1. The summed E-state index contributed by atoms with van der Waals surface area (Å²) in [7, 11) is 0. The number of benzene rings is 2. The molecule has 0 radical (unpaired) electrons. The Bertz CT molecular complexity index is 521. The number of anilines is 1. The first-order valence-electron chi connectivity index (χ1n) is 5.10. The first-order chi connectivity index (χ1) is 8.40. The Morgan fingerprint density at radius 3 is 1.44 bits per heavy atom. The molecule has 2 N–H and O–H groups in total. The molecule has 0 aliphatic rings. The Morgan fingerprint density at radius 2 is 1.06 bits per heavy atom. The molecule has 18 heavy (non-hydrogen) atoms. The van der Waals surface area contributed by atoms with Crippen LogP contribution < -0.4 is 5.73 Å². The van der Waals surface area contributed by atoms with Crippen molar-refractivity contribution in [3.05, 3.63) is 49.9 Å². The van der Waals surface area contributed by atoms with Gasteiger partial charge in [0.25, 0.3) is 0 Å². The molecule has 1 nitrogen and oxygen atoms in total. The molecule has 0 fully saturated rings. The van der Waals surface area contributed by atoms with E-state index in [1.807, 2.05) is 19.1 Å². The third-order valence-corrected chi connectivity index (χ3v) is 3.69. The molecule has 0 saturated heterocycles. The third-order valence-electron chi connectivity index (χ3n) is 2.50. The number of nitrogens with two attached hydrogens (primary N) is 1. The van der Waals surface area contributed by atoms with Crippen LogP contribution in [0.15, 0.2) is 24.3 Å². The van der Waals surface area contributed by atoms with E-state index in [4.69, 9.17) is 52.1 Å². The van der Waals surface area contributed by atoms with Crippen LogP contribution in [0.5, 0.6) is 0 Å². The monoisotopic (exact) mass is 319 g/mol. The maximum atomic E-state index is 6.22. The van der Waals surface area contributed by atoms with Gasteiger partial charge in [0.1, 0.15) is 0 Å². The zero-order valence-corrected chi connectivity index (χ0v) is 12.4. The molecular weight excluding hydrogens is 312 g/mol. The fraction of sp³-hybridized carbons (Fsp3) is 0.0769. The topological polar surface area (TPSA) is 26.0 Å². The van der Waals surface area contributed by atoms with E-state index >= 15 is 0 Å². The second kappa shape index (κ2) is 5.18. The Balaban J connectivity index is 2.78. The summed E-state index contributed by atoms with van der Waals surface area (Å²) in [6, 6.07) is 6.86. The molecular formula is C13H9Cl4N. The minimum Gasteiger partial charge on any atom is -0.399 e. The lowest BCUT2D eigenvalue weighted by atomic mass is 10.0. The molecule has 2 aromatic rings. The number of rotatable bonds is 1. The molecule has 0 unspecified atom stereocenters. The first-order valence-corrected chi connectivity index (χ1v) is 6.62. The van der Waals surface area contributed by atoms with Gasteiger partial charge in [-0.3, -0.25) is 0 Å². The Kier molecular flexibility index (Phi) is 3.98. The summed E-state index contributed by atoms with van der Waals surface area (Å²) in [5.74, 6) is 0. The van der Waals surface area contributed by atoms with Gasteiger partial charge in [0.2, 0.25) is 0 Å². The summed E-state index contributed by atoms with van der Waals surface area (Å²) in [6.45, 7) is 1.91. The standard InChI is InChI=1S/C13H9Cl4N/c1-6-2-8(14)12(9(15)3-6)13-10(16)4-7(18)5-11(13)17/h2-5H,18H2,1H3. The Hall–Kier alpha value is -0.600. The van der Waals surface area contributed by atoms with Gasteiger partial charge in [0.05, 0.1) is 20.1 Å². The second-order valence-electron chi connectivity index (χ2n) is 3.96. The van der Waals surface area contributed by atoms with Crippen LogP contribution in [0.2, 0.25) is 20.1 Å². The largest absolute Gasteiger partial charge is 0.399 e. The fourth-order valence-corrected chi connectivity index (χ4v) is 3.25. The molecule has 2 aromatic carbocycles. The highest BCUT2D eigenvalue weighted by atomic mass is 35.5. The van der Waals surface area contributed by atoms with E-state index in [-0.39, 0.29) is 0 Å². The van der Waals surface area contributed by atoms with Crippen LogP contribution >= 0.6 is 46.4 Å². The van der Waals surface area contributed by atoms with Gasteiger partial charge >= 0.3 is 0 Å². The number of hydrogen-bond donors (Lipinski definition) is 1. The Labute approximate surface area is 125 Å². The molecule has 0 aliphatic carbocycles. The summed E-state index contributed by atoms with van der Waals surface area (Å²) < 4.78 is 0. The molecule has 2 rings (SSSR count). The number of nitrogen functional groups attached to an aromatic ring is 1. The van der Waals surface area contributed by atoms with Gasteiger partial charge in [-0.05, 0) is 36.8 Å². The quantitative estimate of drug-likeness (QED) is 0.654. The van der Waals surface area contributed by atoms with Gasteiger partial charge in [0.15, 0.2) is 0 Å². The normalized spacial score (nSPS) is 10.7. The van der Waals surface area contributed by atoms with Gasteiger partial charge < -0.3 is 5.73 Å². The number of halogens is 4. The zero-order valence-electron chi connectivity index (χ0n) is 9.40. The van der Waals surface area contributed by atoms with E-state index < -0.39 is 0 Å². The van der Waals surface area contributed by atoms with Crippen LogP contribution in [0.25, 0.3) is 11.1 Å². The second-order valence-corrected chi connectivity index (χ2v) is 5.59. The van der Waals surface area contributed by atoms with E-state index in [2.05, 4.69) is 0 Å². The molecule has 0 atom stereocenters. The van der Waals surface area contributed by atoms with Gasteiger partial charge in [-0.25, -0.2) is 0 Å². The highest BCUT2D eigenvalue weighted by Gasteiger charge is 2.16. The van der Waals surface area contributed by atoms with Crippen molar-refractivity contribution in [2.45, 2.75) is 6.92 Å². The van der Waals surface area contributed by atoms with E-state index in [1.165, 1.54) is 0 Å². The van der Waals surface area contributed by atoms with Gasteiger partial charge in [0, 0.05) is 16.8 Å². The van der Waals surface area contributed by atoms with Crippen molar-refractivity contribution in [2.75, 3.05) is 5.73 Å². The van der Waals surface area contributed by atoms with Crippen LogP contribution in [0.1, 0.15) is 5.56 Å². The molecule has 0 aliphatic heterocycles. The molecule has 0 aromatic heterocycles. The van der Waals surface area contributed by atoms with E-state index in [0.29, 0.717) is 36.9 Å². The average molecular weight is 321 g/mol. The van der Waals surface area contributed by atoms with Crippen LogP contribution in [0.3, 0.4) is 0 Å². The molecule has 94 valence electrons. The maximum absolute atomic E-state index is 6.22. The molecule has 0 heterocycles. The lowest BCUT2D eigenvalue weighted by molar-refractivity contribution is 1.47. The summed E-state index contributed by atoms with van der Waals surface area (Å²) in [6.07, 6.45) is 0. The summed E-state index contributed by atoms with van der Waals surface area (Å²) in [5, 5.41) is 1.86. The van der Waals surface area contributed by atoms with Crippen molar-refractivity contribution < 1.29 is 0 Å². The number of hydrogen-bond acceptors (Lipinski definition) is 1. The van der Waals surface area contributed by atoms with E-state index in [9.17, 15) is 0 Å². The van der Waals surface area contributed by atoms with Crippen molar-refractivity contribution in [1.29, 1.82) is 0 Å². The fourth-order valence-electron chi connectivity index (χ4n) is 1.77. The average Bonchev–Trinajstić information content (AvgIpc) is 2.20. The predicted molar refractivity (Wildman–Crippen MR) is 81.1 cm³/mol. The van der Waals surface area contributed by atoms with Gasteiger partial charge in [-0.1, -0.05) is 46.4 Å². The smallest absolute Gasteiger partial charge is 0.0520 e. The van der Waals surface area contributed by atoms with E-state index in [0.717, 1.165) is 5.56 Å². The van der Waals surface area contributed by atoms with Crippen molar-refractivity contribution in [1.82, 2.24) is 0 Å². The summed E-state index contributed by atoms with van der Waals surface area (Å²) in [4.78, 5) is 0. The van der Waals surface area contributed by atoms with Crippen LogP contribution in [-0.2, 0) is 0 Å². The minimum absolute atomic E-state index is 0.424.